The quantitative estimate of drug-likeness (QED) is 0.229. The van der Waals surface area contributed by atoms with Gasteiger partial charge in [0.25, 0.3) is 0 Å². The molecule has 0 saturated heterocycles. The molecule has 146 valence electrons. The van der Waals surface area contributed by atoms with Gasteiger partial charge < -0.3 is 0 Å². The molecule has 0 N–H and O–H groups in total. The molecule has 5 aromatic rings. The van der Waals surface area contributed by atoms with Gasteiger partial charge >= 0.3 is 0 Å². The third-order valence-electron chi connectivity index (χ3n) is 4.84. The SMILES string of the molecule is Cc1cnc(/N=C/c2c3ccccc3c(/C=N/c3ncc(C)s3)c3ccccc23)s1. The van der Waals surface area contributed by atoms with Crippen molar-refractivity contribution < 1.29 is 0 Å². The number of aliphatic imine (C=N–C) groups is 2. The lowest BCUT2D eigenvalue weighted by Crippen LogP contribution is -1.94. The van der Waals surface area contributed by atoms with Crippen LogP contribution in [0.25, 0.3) is 21.5 Å². The lowest BCUT2D eigenvalue weighted by molar-refractivity contribution is 1.34. The highest BCUT2D eigenvalue weighted by atomic mass is 32.1. The van der Waals surface area contributed by atoms with Crippen molar-refractivity contribution in [2.24, 2.45) is 9.98 Å². The Morgan fingerprint density at radius 1 is 0.633 bits per heavy atom. The van der Waals surface area contributed by atoms with Crippen LogP contribution in [0, 0.1) is 13.8 Å². The zero-order chi connectivity index (χ0) is 20.5. The Morgan fingerprint density at radius 3 is 1.30 bits per heavy atom. The summed E-state index contributed by atoms with van der Waals surface area (Å²) in [6, 6.07) is 16.8. The van der Waals surface area contributed by atoms with E-state index in [1.54, 1.807) is 22.7 Å². The van der Waals surface area contributed by atoms with Crippen LogP contribution in [-0.4, -0.2) is 22.4 Å². The van der Waals surface area contributed by atoms with E-state index >= 15 is 0 Å². The van der Waals surface area contributed by atoms with Crippen molar-refractivity contribution in [1.29, 1.82) is 0 Å². The highest BCUT2D eigenvalue weighted by Gasteiger charge is 2.12. The molecule has 0 fully saturated rings. The number of aryl methyl sites for hydroxylation is 2. The van der Waals surface area contributed by atoms with Crippen molar-refractivity contribution in [2.45, 2.75) is 13.8 Å². The molecular formula is C24H18N4S2. The van der Waals surface area contributed by atoms with Crippen molar-refractivity contribution >= 4 is 66.9 Å². The Labute approximate surface area is 182 Å². The summed E-state index contributed by atoms with van der Waals surface area (Å²) in [4.78, 5) is 20.4. The van der Waals surface area contributed by atoms with Gasteiger partial charge in [-0.1, -0.05) is 48.5 Å². The Bertz CT molecular complexity index is 1260. The molecule has 4 nitrogen and oxygen atoms in total. The smallest absolute Gasteiger partial charge is 0.209 e. The minimum Gasteiger partial charge on any atom is -0.227 e. The van der Waals surface area contributed by atoms with E-state index in [-0.39, 0.29) is 0 Å². The normalized spacial score (nSPS) is 12.1. The second-order valence-electron chi connectivity index (χ2n) is 6.94. The number of benzene rings is 3. The van der Waals surface area contributed by atoms with Crippen molar-refractivity contribution in [3.8, 4) is 0 Å². The Hall–Kier alpha value is -3.22. The Balaban J connectivity index is 1.73. The molecule has 5 rings (SSSR count). The maximum absolute atomic E-state index is 4.66. The van der Waals surface area contributed by atoms with Gasteiger partial charge in [0, 0.05) is 45.7 Å². The van der Waals surface area contributed by atoms with Crippen molar-refractivity contribution in [3.63, 3.8) is 0 Å². The summed E-state index contributed by atoms with van der Waals surface area (Å²) < 4.78 is 0. The number of nitrogens with zero attached hydrogens (tertiary/aromatic N) is 4. The summed E-state index contributed by atoms with van der Waals surface area (Å²) in [6.45, 7) is 4.08. The lowest BCUT2D eigenvalue weighted by atomic mass is 9.92. The molecule has 0 unspecified atom stereocenters. The van der Waals surface area contributed by atoms with Crippen LogP contribution < -0.4 is 0 Å². The van der Waals surface area contributed by atoms with Gasteiger partial charge in [-0.3, -0.25) is 0 Å². The largest absolute Gasteiger partial charge is 0.227 e. The molecule has 0 amide bonds. The molecule has 0 bridgehead atoms. The van der Waals surface area contributed by atoms with E-state index < -0.39 is 0 Å². The van der Waals surface area contributed by atoms with Crippen LogP contribution in [0.2, 0.25) is 0 Å². The predicted molar refractivity (Wildman–Crippen MR) is 130 cm³/mol. The minimum atomic E-state index is 0.769. The molecule has 0 aliphatic carbocycles. The summed E-state index contributed by atoms with van der Waals surface area (Å²) in [6.07, 6.45) is 7.59. The van der Waals surface area contributed by atoms with Gasteiger partial charge in [-0.05, 0) is 35.4 Å². The third kappa shape index (κ3) is 3.56. The van der Waals surface area contributed by atoms with Gasteiger partial charge in [0.2, 0.25) is 10.3 Å². The number of rotatable bonds is 4. The van der Waals surface area contributed by atoms with Gasteiger partial charge in [-0.15, -0.1) is 22.7 Å². The first-order chi connectivity index (χ1) is 14.7. The van der Waals surface area contributed by atoms with Gasteiger partial charge in [0.05, 0.1) is 0 Å². The zero-order valence-electron chi connectivity index (χ0n) is 16.5. The molecule has 2 heterocycles. The molecule has 0 aliphatic heterocycles. The van der Waals surface area contributed by atoms with Crippen molar-refractivity contribution in [3.05, 3.63) is 81.8 Å². The van der Waals surface area contributed by atoms with E-state index in [4.69, 9.17) is 0 Å². The fraction of sp³-hybridized carbons (Fsp3) is 0.0833. The first-order valence-corrected chi connectivity index (χ1v) is 11.2. The van der Waals surface area contributed by atoms with Gasteiger partial charge in [-0.2, -0.15) is 0 Å². The Kier molecular flexibility index (Phi) is 4.94. The van der Waals surface area contributed by atoms with Crippen molar-refractivity contribution in [1.82, 2.24) is 9.97 Å². The lowest BCUT2D eigenvalue weighted by Gasteiger charge is -2.12. The molecule has 0 radical (unpaired) electrons. The first kappa shape index (κ1) is 18.8. The highest BCUT2D eigenvalue weighted by molar-refractivity contribution is 7.15. The first-order valence-electron chi connectivity index (χ1n) is 9.55. The van der Waals surface area contributed by atoms with Gasteiger partial charge in [-0.25, -0.2) is 20.0 Å². The molecule has 0 aliphatic rings. The maximum Gasteiger partial charge on any atom is 0.209 e. The summed E-state index contributed by atoms with van der Waals surface area (Å²) in [5.41, 5.74) is 2.19. The van der Waals surface area contributed by atoms with Gasteiger partial charge in [0.1, 0.15) is 0 Å². The summed E-state index contributed by atoms with van der Waals surface area (Å²) in [5, 5.41) is 6.11. The van der Waals surface area contributed by atoms with Crippen LogP contribution in [0.1, 0.15) is 20.9 Å². The molecule has 2 aromatic heterocycles. The van der Waals surface area contributed by atoms with E-state index in [1.165, 1.54) is 0 Å². The van der Waals surface area contributed by atoms with E-state index in [2.05, 4.69) is 68.5 Å². The van der Waals surface area contributed by atoms with Gasteiger partial charge in [0.15, 0.2) is 0 Å². The molecule has 0 saturated carbocycles. The molecule has 0 spiro atoms. The van der Waals surface area contributed by atoms with E-state index in [0.29, 0.717) is 0 Å². The zero-order valence-corrected chi connectivity index (χ0v) is 18.2. The molecule has 0 atom stereocenters. The van der Waals surface area contributed by atoms with Crippen LogP contribution in [0.5, 0.6) is 0 Å². The average Bonchev–Trinajstić information content (AvgIpc) is 3.38. The monoisotopic (exact) mass is 426 g/mol. The van der Waals surface area contributed by atoms with Crippen LogP contribution in [0.3, 0.4) is 0 Å². The average molecular weight is 427 g/mol. The molecular weight excluding hydrogens is 408 g/mol. The number of aromatic nitrogens is 2. The number of hydrogen-bond donors (Lipinski definition) is 0. The number of hydrogen-bond acceptors (Lipinski definition) is 6. The molecule has 3 aromatic carbocycles. The van der Waals surface area contributed by atoms with Crippen LogP contribution >= 0.6 is 22.7 Å². The maximum atomic E-state index is 4.66. The third-order valence-corrected chi connectivity index (χ3v) is 6.48. The summed E-state index contributed by atoms with van der Waals surface area (Å²) in [5.74, 6) is 0. The summed E-state index contributed by atoms with van der Waals surface area (Å²) in [7, 11) is 0. The number of thiazole rings is 2. The molecule has 30 heavy (non-hydrogen) atoms. The number of fused-ring (bicyclic) bond motifs is 2. The fourth-order valence-electron chi connectivity index (χ4n) is 3.52. The Morgan fingerprint density at radius 2 is 1.00 bits per heavy atom. The van der Waals surface area contributed by atoms with Crippen molar-refractivity contribution in [2.75, 3.05) is 0 Å². The molecule has 6 heteroatoms. The standard InChI is InChI=1S/C24H18N4S2/c1-15-11-25-23(29-15)27-13-21-17-7-3-5-9-19(17)22(20-10-6-4-8-18(20)21)14-28-24-26-12-16(2)30-24/h3-14H,1-2H3/b27-13+,28-14+. The minimum absolute atomic E-state index is 0.769. The predicted octanol–water partition coefficient (Wildman–Crippen LogP) is 7.02. The van der Waals surface area contributed by atoms with E-state index in [9.17, 15) is 0 Å². The van der Waals surface area contributed by atoms with E-state index in [0.717, 1.165) is 52.7 Å². The fourth-order valence-corrected chi connectivity index (χ4v) is 4.73. The van der Waals surface area contributed by atoms with E-state index in [1.807, 2.05) is 38.7 Å². The highest BCUT2D eigenvalue weighted by Crippen LogP contribution is 2.32. The second-order valence-corrected chi connectivity index (χ2v) is 9.37. The van der Waals surface area contributed by atoms with Crippen LogP contribution in [-0.2, 0) is 0 Å². The van der Waals surface area contributed by atoms with Crippen LogP contribution in [0.4, 0.5) is 10.3 Å². The summed E-state index contributed by atoms with van der Waals surface area (Å²) >= 11 is 3.19. The topological polar surface area (TPSA) is 50.5 Å². The second kappa shape index (κ2) is 7.89. The van der Waals surface area contributed by atoms with Crippen LogP contribution in [0.15, 0.2) is 70.9 Å².